The maximum atomic E-state index is 13.1. The number of sulfonamides is 1. The summed E-state index contributed by atoms with van der Waals surface area (Å²) in [6, 6.07) is 8.01. The molecule has 5 nitrogen and oxygen atoms in total. The SMILES string of the molecule is Cc1csc(-c2cc(C(F)(F)F)nn2NS(=O)(=O)c2ccccc2)c1Cl. The summed E-state index contributed by atoms with van der Waals surface area (Å²) in [6.45, 7) is 1.70. The van der Waals surface area contributed by atoms with E-state index in [1.165, 1.54) is 24.3 Å². The standard InChI is InChI=1S/C15H11ClF3N3O2S2/c1-9-8-25-14(13(9)16)11-7-12(15(17,18)19)20-22(11)21-26(23,24)10-5-3-2-4-6-10/h2-8,21H,1H3. The third-order valence-electron chi connectivity index (χ3n) is 3.39. The minimum Gasteiger partial charge on any atom is -0.200 e. The van der Waals surface area contributed by atoms with E-state index in [1.807, 2.05) is 0 Å². The Kier molecular flexibility index (Phi) is 4.76. The molecule has 0 unspecified atom stereocenters. The molecule has 1 N–H and O–H groups in total. The van der Waals surface area contributed by atoms with E-state index in [1.54, 1.807) is 18.4 Å². The summed E-state index contributed by atoms with van der Waals surface area (Å²) in [4.78, 5) is 2.81. The molecule has 0 radical (unpaired) electrons. The van der Waals surface area contributed by atoms with Crippen LogP contribution < -0.4 is 4.83 Å². The zero-order chi connectivity index (χ0) is 19.1. The van der Waals surface area contributed by atoms with Crippen molar-refractivity contribution in [3.8, 4) is 10.6 Å². The summed E-state index contributed by atoms with van der Waals surface area (Å²) in [7, 11) is -4.14. The molecule has 3 aromatic rings. The Morgan fingerprint density at radius 2 is 1.88 bits per heavy atom. The number of aromatic nitrogens is 2. The molecule has 0 saturated heterocycles. The second-order valence-electron chi connectivity index (χ2n) is 5.29. The van der Waals surface area contributed by atoms with Crippen molar-refractivity contribution in [3.05, 3.63) is 58.1 Å². The van der Waals surface area contributed by atoms with E-state index >= 15 is 0 Å². The summed E-state index contributed by atoms with van der Waals surface area (Å²) in [5.41, 5.74) is -0.663. The van der Waals surface area contributed by atoms with Crippen molar-refractivity contribution in [2.75, 3.05) is 4.83 Å². The molecule has 0 saturated carbocycles. The number of nitrogens with zero attached hydrogens (tertiary/aromatic N) is 2. The van der Waals surface area contributed by atoms with Gasteiger partial charge in [-0.25, -0.2) is 0 Å². The minimum atomic E-state index is -4.74. The molecule has 0 spiro atoms. The van der Waals surface area contributed by atoms with Crippen molar-refractivity contribution in [1.82, 2.24) is 9.89 Å². The highest BCUT2D eigenvalue weighted by molar-refractivity contribution is 7.92. The molecule has 0 aliphatic carbocycles. The number of hydrogen-bond acceptors (Lipinski definition) is 4. The van der Waals surface area contributed by atoms with Crippen LogP contribution >= 0.6 is 22.9 Å². The molecule has 3 rings (SSSR count). The molecule has 11 heteroatoms. The lowest BCUT2D eigenvalue weighted by Gasteiger charge is -2.10. The molecule has 138 valence electrons. The lowest BCUT2D eigenvalue weighted by molar-refractivity contribution is -0.141. The molecular weight excluding hydrogens is 411 g/mol. The van der Waals surface area contributed by atoms with Gasteiger partial charge in [-0.3, -0.25) is 0 Å². The third kappa shape index (κ3) is 3.57. The van der Waals surface area contributed by atoms with Gasteiger partial charge in [0.15, 0.2) is 5.69 Å². The van der Waals surface area contributed by atoms with Gasteiger partial charge >= 0.3 is 6.18 Å². The molecule has 0 aliphatic heterocycles. The van der Waals surface area contributed by atoms with Gasteiger partial charge in [0.2, 0.25) is 0 Å². The fraction of sp³-hybridized carbons (Fsp3) is 0.133. The number of alkyl halides is 3. The largest absolute Gasteiger partial charge is 0.435 e. The van der Waals surface area contributed by atoms with Crippen LogP contribution in [0.15, 0.2) is 46.7 Å². The van der Waals surface area contributed by atoms with Crippen molar-refractivity contribution in [2.45, 2.75) is 18.0 Å². The van der Waals surface area contributed by atoms with E-state index < -0.39 is 21.9 Å². The number of thiophene rings is 1. The molecule has 0 bridgehead atoms. The van der Waals surface area contributed by atoms with E-state index in [-0.39, 0.29) is 20.5 Å². The molecule has 0 fully saturated rings. The Morgan fingerprint density at radius 3 is 2.42 bits per heavy atom. The summed E-state index contributed by atoms with van der Waals surface area (Å²) < 4.78 is 64.1. The molecular formula is C15H11ClF3N3O2S2. The molecule has 2 heterocycles. The number of halogens is 4. The summed E-state index contributed by atoms with van der Waals surface area (Å²) in [5.74, 6) is 0. The lowest BCUT2D eigenvalue weighted by atomic mass is 10.2. The molecule has 0 aliphatic rings. The van der Waals surface area contributed by atoms with Gasteiger partial charge in [-0.1, -0.05) is 29.8 Å². The van der Waals surface area contributed by atoms with Crippen LogP contribution in [0.3, 0.4) is 0 Å². The Balaban J connectivity index is 2.12. The van der Waals surface area contributed by atoms with Crippen molar-refractivity contribution in [1.29, 1.82) is 0 Å². The lowest BCUT2D eigenvalue weighted by Crippen LogP contribution is -2.25. The zero-order valence-electron chi connectivity index (χ0n) is 13.1. The van der Waals surface area contributed by atoms with E-state index in [9.17, 15) is 21.6 Å². The van der Waals surface area contributed by atoms with Crippen LogP contribution in [-0.2, 0) is 16.2 Å². The number of rotatable bonds is 4. The monoisotopic (exact) mass is 421 g/mol. The molecule has 0 amide bonds. The first-order chi connectivity index (χ1) is 12.1. The summed E-state index contributed by atoms with van der Waals surface area (Å²) in [6.07, 6.45) is -4.74. The molecule has 1 aromatic carbocycles. The molecule has 0 atom stereocenters. The van der Waals surface area contributed by atoms with Crippen molar-refractivity contribution in [2.24, 2.45) is 0 Å². The number of nitrogens with one attached hydrogen (secondary N) is 1. The van der Waals surface area contributed by atoms with Crippen LogP contribution in [0.2, 0.25) is 5.02 Å². The molecule has 26 heavy (non-hydrogen) atoms. The van der Waals surface area contributed by atoms with Gasteiger partial charge in [0.05, 0.1) is 14.8 Å². The average molecular weight is 422 g/mol. The van der Waals surface area contributed by atoms with Gasteiger partial charge < -0.3 is 0 Å². The van der Waals surface area contributed by atoms with E-state index in [2.05, 4.69) is 9.93 Å². The van der Waals surface area contributed by atoms with Crippen LogP contribution in [0.1, 0.15) is 11.3 Å². The predicted molar refractivity (Wildman–Crippen MR) is 93.3 cm³/mol. The Bertz CT molecular complexity index is 1040. The van der Waals surface area contributed by atoms with Crippen LogP contribution in [0.25, 0.3) is 10.6 Å². The summed E-state index contributed by atoms with van der Waals surface area (Å²) in [5, 5.41) is 5.27. The Hall–Kier alpha value is -2.04. The van der Waals surface area contributed by atoms with Gasteiger partial charge in [0, 0.05) is 0 Å². The minimum absolute atomic E-state index is 0.0973. The first-order valence-electron chi connectivity index (χ1n) is 7.08. The van der Waals surface area contributed by atoms with Crippen LogP contribution in [0.4, 0.5) is 13.2 Å². The van der Waals surface area contributed by atoms with Crippen molar-refractivity contribution < 1.29 is 21.6 Å². The van der Waals surface area contributed by atoms with E-state index in [0.717, 1.165) is 17.4 Å². The van der Waals surface area contributed by atoms with Gasteiger partial charge in [-0.05, 0) is 36.1 Å². The smallest absolute Gasteiger partial charge is 0.200 e. The second kappa shape index (κ2) is 6.60. The Labute approximate surface area is 156 Å². The quantitative estimate of drug-likeness (QED) is 0.673. The van der Waals surface area contributed by atoms with Crippen LogP contribution in [0.5, 0.6) is 0 Å². The average Bonchev–Trinajstić information content (AvgIpc) is 3.12. The fourth-order valence-electron chi connectivity index (χ4n) is 2.12. The highest BCUT2D eigenvalue weighted by Gasteiger charge is 2.36. The maximum absolute atomic E-state index is 13.1. The third-order valence-corrected chi connectivity index (χ3v) is 6.42. The Morgan fingerprint density at radius 1 is 1.23 bits per heavy atom. The second-order valence-corrected chi connectivity index (χ2v) is 8.21. The van der Waals surface area contributed by atoms with Gasteiger partial charge in [0.25, 0.3) is 10.0 Å². The number of hydrogen-bond donors (Lipinski definition) is 1. The highest BCUT2D eigenvalue weighted by atomic mass is 35.5. The number of aryl methyl sites for hydroxylation is 1. The fourth-order valence-corrected chi connectivity index (χ4v) is 4.40. The predicted octanol–water partition coefficient (Wildman–Crippen LogP) is 4.52. The summed E-state index contributed by atoms with van der Waals surface area (Å²) >= 11 is 7.23. The van der Waals surface area contributed by atoms with E-state index in [0.29, 0.717) is 10.4 Å². The zero-order valence-corrected chi connectivity index (χ0v) is 15.5. The first-order valence-corrected chi connectivity index (χ1v) is 9.83. The van der Waals surface area contributed by atoms with Crippen molar-refractivity contribution in [3.63, 3.8) is 0 Å². The van der Waals surface area contributed by atoms with E-state index in [4.69, 9.17) is 11.6 Å². The highest BCUT2D eigenvalue weighted by Crippen LogP contribution is 2.39. The normalized spacial score (nSPS) is 12.3. The first kappa shape index (κ1) is 18.7. The topological polar surface area (TPSA) is 64.0 Å². The van der Waals surface area contributed by atoms with Gasteiger partial charge in [-0.2, -0.15) is 31.2 Å². The van der Waals surface area contributed by atoms with Gasteiger partial charge in [-0.15, -0.1) is 16.4 Å². The molecule has 2 aromatic heterocycles. The van der Waals surface area contributed by atoms with Crippen LogP contribution in [0, 0.1) is 6.92 Å². The van der Waals surface area contributed by atoms with Gasteiger partial charge in [0.1, 0.15) is 5.69 Å². The van der Waals surface area contributed by atoms with Crippen molar-refractivity contribution >= 4 is 33.0 Å². The van der Waals surface area contributed by atoms with Crippen LogP contribution in [-0.4, -0.2) is 18.3 Å². The maximum Gasteiger partial charge on any atom is 0.435 e. The number of benzene rings is 1.